The largest absolute Gasteiger partial charge is 0.463 e. The van der Waals surface area contributed by atoms with Crippen molar-refractivity contribution in [3.63, 3.8) is 0 Å². The van der Waals surface area contributed by atoms with Crippen molar-refractivity contribution in [3.05, 3.63) is 0 Å². The van der Waals surface area contributed by atoms with Gasteiger partial charge in [-0.3, -0.25) is 10.1 Å². The van der Waals surface area contributed by atoms with Crippen molar-refractivity contribution in [3.8, 4) is 6.01 Å². The molecule has 5 rings (SSSR count). The SMILES string of the molecule is CCOc1n[nH]c(NC(=O)C23CC4CC(CC(C4)C2)C3)n1. The summed E-state index contributed by atoms with van der Waals surface area (Å²) in [6, 6.07) is 0.290. The van der Waals surface area contributed by atoms with Crippen molar-refractivity contribution in [1.82, 2.24) is 15.2 Å². The molecule has 6 heteroatoms. The first-order chi connectivity index (χ1) is 10.2. The Morgan fingerprint density at radius 2 is 1.90 bits per heavy atom. The zero-order chi connectivity index (χ0) is 14.4. The standard InChI is InChI=1S/C15H22N4O2/c1-2-21-14-17-13(18-19-14)16-12(20)15-6-9-3-10(7-15)5-11(4-9)8-15/h9-11H,2-8H2,1H3,(H2,16,17,18,19,20). The van der Waals surface area contributed by atoms with Crippen molar-refractivity contribution >= 4 is 11.9 Å². The molecule has 0 unspecified atom stereocenters. The number of nitrogens with one attached hydrogen (secondary N) is 2. The van der Waals surface area contributed by atoms with E-state index >= 15 is 0 Å². The smallest absolute Gasteiger partial charge is 0.337 e. The van der Waals surface area contributed by atoms with Gasteiger partial charge in [0.15, 0.2) is 0 Å². The Hall–Kier alpha value is -1.59. The maximum Gasteiger partial charge on any atom is 0.337 e. The number of ether oxygens (including phenoxy) is 1. The molecule has 4 aliphatic carbocycles. The number of amides is 1. The normalized spacial score (nSPS) is 36.7. The lowest BCUT2D eigenvalue weighted by Gasteiger charge is -2.55. The van der Waals surface area contributed by atoms with E-state index in [1.807, 2.05) is 6.92 Å². The van der Waals surface area contributed by atoms with Gasteiger partial charge in [0, 0.05) is 0 Å². The summed E-state index contributed by atoms with van der Waals surface area (Å²) in [5, 5.41) is 9.60. The minimum Gasteiger partial charge on any atom is -0.463 e. The minimum absolute atomic E-state index is 0.126. The second-order valence-electron chi connectivity index (χ2n) is 7.05. The maximum atomic E-state index is 12.8. The average molecular weight is 290 g/mol. The van der Waals surface area contributed by atoms with Crippen LogP contribution >= 0.6 is 0 Å². The van der Waals surface area contributed by atoms with Crippen LogP contribution in [0.4, 0.5) is 5.95 Å². The highest BCUT2D eigenvalue weighted by Gasteiger charge is 2.54. The number of nitrogens with zero attached hydrogens (tertiary/aromatic N) is 2. The van der Waals surface area contributed by atoms with Gasteiger partial charge in [-0.25, -0.2) is 5.10 Å². The van der Waals surface area contributed by atoms with Gasteiger partial charge in [-0.15, -0.1) is 5.10 Å². The van der Waals surface area contributed by atoms with E-state index in [-0.39, 0.29) is 11.3 Å². The third-order valence-electron chi connectivity index (χ3n) is 5.49. The number of carbonyl (C=O) groups excluding carboxylic acids is 1. The predicted molar refractivity (Wildman–Crippen MR) is 76.8 cm³/mol. The van der Waals surface area contributed by atoms with Gasteiger partial charge in [0.1, 0.15) is 0 Å². The number of hydrogen-bond donors (Lipinski definition) is 2. The van der Waals surface area contributed by atoms with E-state index in [0.29, 0.717) is 18.6 Å². The van der Waals surface area contributed by atoms with Gasteiger partial charge in [0.05, 0.1) is 12.0 Å². The molecule has 4 fully saturated rings. The molecule has 4 saturated carbocycles. The number of carbonyl (C=O) groups is 1. The summed E-state index contributed by atoms with van der Waals surface area (Å²) in [7, 11) is 0. The molecule has 6 nitrogen and oxygen atoms in total. The van der Waals surface area contributed by atoms with Crippen LogP contribution in [0.2, 0.25) is 0 Å². The summed E-state index contributed by atoms with van der Waals surface area (Å²) in [6.45, 7) is 2.39. The van der Waals surface area contributed by atoms with Gasteiger partial charge in [-0.05, 0) is 63.2 Å². The first kappa shape index (κ1) is 13.1. The highest BCUT2D eigenvalue weighted by Crippen LogP contribution is 2.60. The lowest BCUT2D eigenvalue weighted by atomic mass is 9.49. The molecule has 0 aromatic carbocycles. The first-order valence-corrected chi connectivity index (χ1v) is 8.03. The molecule has 1 amide bonds. The molecule has 21 heavy (non-hydrogen) atoms. The number of aromatic amines is 1. The van der Waals surface area contributed by atoms with Crippen molar-refractivity contribution in [2.45, 2.75) is 45.4 Å². The monoisotopic (exact) mass is 290 g/mol. The van der Waals surface area contributed by atoms with Gasteiger partial charge in [0.2, 0.25) is 11.9 Å². The molecule has 0 saturated heterocycles. The summed E-state index contributed by atoms with van der Waals surface area (Å²) >= 11 is 0. The van der Waals surface area contributed by atoms with Crippen LogP contribution < -0.4 is 10.1 Å². The van der Waals surface area contributed by atoms with Crippen LogP contribution in [0, 0.1) is 23.2 Å². The first-order valence-electron chi connectivity index (χ1n) is 8.03. The molecule has 0 spiro atoms. The van der Waals surface area contributed by atoms with Crippen molar-refractivity contribution in [1.29, 1.82) is 0 Å². The Balaban J connectivity index is 1.49. The summed E-state index contributed by atoms with van der Waals surface area (Å²) in [5.74, 6) is 2.81. The Morgan fingerprint density at radius 1 is 1.29 bits per heavy atom. The number of anilines is 1. The average Bonchev–Trinajstić information content (AvgIpc) is 2.85. The Bertz CT molecular complexity index is 518. The van der Waals surface area contributed by atoms with E-state index in [4.69, 9.17) is 4.74 Å². The fraction of sp³-hybridized carbons (Fsp3) is 0.800. The zero-order valence-electron chi connectivity index (χ0n) is 12.4. The maximum absolute atomic E-state index is 12.8. The fourth-order valence-electron chi connectivity index (χ4n) is 5.12. The van der Waals surface area contributed by atoms with E-state index in [1.54, 1.807) is 0 Å². The number of rotatable bonds is 4. The second kappa shape index (κ2) is 4.71. The van der Waals surface area contributed by atoms with Crippen molar-refractivity contribution in [2.75, 3.05) is 11.9 Å². The lowest BCUT2D eigenvalue weighted by molar-refractivity contribution is -0.140. The van der Waals surface area contributed by atoms with Crippen LogP contribution in [0.3, 0.4) is 0 Å². The van der Waals surface area contributed by atoms with Crippen LogP contribution in [0.1, 0.15) is 45.4 Å². The van der Waals surface area contributed by atoms with Crippen LogP contribution in [-0.4, -0.2) is 27.7 Å². The zero-order valence-corrected chi connectivity index (χ0v) is 12.4. The van der Waals surface area contributed by atoms with Gasteiger partial charge in [-0.1, -0.05) is 0 Å². The van der Waals surface area contributed by atoms with E-state index in [0.717, 1.165) is 37.0 Å². The number of aromatic nitrogens is 3. The van der Waals surface area contributed by atoms with Gasteiger partial charge in [0.25, 0.3) is 0 Å². The van der Waals surface area contributed by atoms with E-state index in [1.165, 1.54) is 19.3 Å². The molecule has 2 N–H and O–H groups in total. The highest BCUT2D eigenvalue weighted by atomic mass is 16.5. The topological polar surface area (TPSA) is 79.9 Å². The summed E-state index contributed by atoms with van der Waals surface area (Å²) in [5.41, 5.74) is -0.159. The van der Waals surface area contributed by atoms with E-state index in [2.05, 4.69) is 20.5 Å². The van der Waals surface area contributed by atoms with Gasteiger partial charge in [-0.2, -0.15) is 4.98 Å². The number of H-pyrrole nitrogens is 1. The van der Waals surface area contributed by atoms with E-state index in [9.17, 15) is 4.79 Å². The summed E-state index contributed by atoms with van der Waals surface area (Å²) in [4.78, 5) is 16.9. The predicted octanol–water partition coefficient (Wildman–Crippen LogP) is 2.36. The van der Waals surface area contributed by atoms with Crippen LogP contribution in [-0.2, 0) is 4.79 Å². The third kappa shape index (κ3) is 2.21. The highest BCUT2D eigenvalue weighted by molar-refractivity contribution is 5.94. The van der Waals surface area contributed by atoms with E-state index < -0.39 is 0 Å². The van der Waals surface area contributed by atoms with Crippen molar-refractivity contribution < 1.29 is 9.53 Å². The Morgan fingerprint density at radius 3 is 2.48 bits per heavy atom. The Labute approximate surface area is 124 Å². The molecule has 4 aliphatic rings. The summed E-state index contributed by atoms with van der Waals surface area (Å²) in [6.07, 6.45) is 7.17. The minimum atomic E-state index is -0.159. The lowest BCUT2D eigenvalue weighted by Crippen LogP contribution is -2.51. The molecule has 114 valence electrons. The molecule has 1 aromatic rings. The molecule has 0 radical (unpaired) electrons. The Kier molecular flexibility index (Phi) is 2.94. The van der Waals surface area contributed by atoms with Gasteiger partial charge < -0.3 is 4.74 Å². The molecular formula is C15H22N4O2. The molecule has 0 aliphatic heterocycles. The second-order valence-corrected chi connectivity index (χ2v) is 7.05. The molecule has 1 aromatic heterocycles. The quantitative estimate of drug-likeness (QED) is 0.892. The molecular weight excluding hydrogens is 268 g/mol. The van der Waals surface area contributed by atoms with Crippen LogP contribution in [0.5, 0.6) is 6.01 Å². The van der Waals surface area contributed by atoms with Crippen molar-refractivity contribution in [2.24, 2.45) is 23.2 Å². The molecule has 1 heterocycles. The number of hydrogen-bond acceptors (Lipinski definition) is 4. The molecule has 4 bridgehead atoms. The third-order valence-corrected chi connectivity index (χ3v) is 5.49. The van der Waals surface area contributed by atoms with Crippen LogP contribution in [0.15, 0.2) is 0 Å². The molecule has 0 atom stereocenters. The van der Waals surface area contributed by atoms with Gasteiger partial charge >= 0.3 is 6.01 Å². The fourth-order valence-corrected chi connectivity index (χ4v) is 5.12. The summed E-state index contributed by atoms with van der Waals surface area (Å²) < 4.78 is 5.21. The van der Waals surface area contributed by atoms with Crippen LogP contribution in [0.25, 0.3) is 0 Å².